The molecule has 134 valence electrons. The molecular weight excluding hydrogens is 351 g/mol. The Kier molecular flexibility index (Phi) is 5.73. The first-order valence-corrected chi connectivity index (χ1v) is 9.28. The Morgan fingerprint density at radius 2 is 2.00 bits per heavy atom. The summed E-state index contributed by atoms with van der Waals surface area (Å²) in [7, 11) is 0. The smallest absolute Gasteiger partial charge is 0.256 e. The Balaban J connectivity index is 1.61. The van der Waals surface area contributed by atoms with E-state index in [-0.39, 0.29) is 17.5 Å². The summed E-state index contributed by atoms with van der Waals surface area (Å²) in [6, 6.07) is 12.0. The van der Waals surface area contributed by atoms with Gasteiger partial charge in [-0.05, 0) is 48.7 Å². The monoisotopic (exact) mass is 370 g/mol. The molecule has 1 amide bonds. The number of oxazole rings is 1. The van der Waals surface area contributed by atoms with Crippen molar-refractivity contribution < 1.29 is 13.6 Å². The van der Waals surface area contributed by atoms with Crippen LogP contribution in [0.3, 0.4) is 0 Å². The molecule has 0 saturated heterocycles. The van der Waals surface area contributed by atoms with Gasteiger partial charge in [0.05, 0.1) is 11.9 Å². The van der Waals surface area contributed by atoms with Gasteiger partial charge in [-0.2, -0.15) is 0 Å². The molecule has 0 bridgehead atoms. The molecule has 0 radical (unpaired) electrons. The molecule has 0 spiro atoms. The Bertz CT molecular complexity index is 906. The van der Waals surface area contributed by atoms with Gasteiger partial charge < -0.3 is 9.73 Å². The van der Waals surface area contributed by atoms with Crippen molar-refractivity contribution in [2.45, 2.75) is 25.5 Å². The van der Waals surface area contributed by atoms with E-state index in [0.29, 0.717) is 11.0 Å². The van der Waals surface area contributed by atoms with Gasteiger partial charge in [-0.3, -0.25) is 4.79 Å². The fourth-order valence-electron chi connectivity index (χ4n) is 2.58. The second kappa shape index (κ2) is 8.19. The molecule has 3 aromatic rings. The molecule has 3 rings (SSSR count). The largest absolute Gasteiger partial charge is 0.431 e. The fourth-order valence-corrected chi connectivity index (χ4v) is 3.18. The van der Waals surface area contributed by atoms with Crippen LogP contribution in [0.15, 0.2) is 58.3 Å². The number of para-hydroxylation sites is 1. The summed E-state index contributed by atoms with van der Waals surface area (Å²) in [5.74, 6) is 0.323. The molecular formula is C20H19FN2O2S. The van der Waals surface area contributed by atoms with E-state index in [9.17, 15) is 9.18 Å². The Morgan fingerprint density at radius 1 is 1.23 bits per heavy atom. The summed E-state index contributed by atoms with van der Waals surface area (Å²) in [6.45, 7) is 4.04. The van der Waals surface area contributed by atoms with Crippen molar-refractivity contribution in [3.8, 4) is 11.3 Å². The predicted molar refractivity (Wildman–Crippen MR) is 102 cm³/mol. The summed E-state index contributed by atoms with van der Waals surface area (Å²) in [6.07, 6.45) is 2.43. The topological polar surface area (TPSA) is 55.1 Å². The molecule has 0 atom stereocenters. The number of thioether (sulfide) groups is 1. The van der Waals surface area contributed by atoms with Crippen LogP contribution >= 0.6 is 11.8 Å². The summed E-state index contributed by atoms with van der Waals surface area (Å²) in [5.41, 5.74) is 3.76. The number of nitrogens with one attached hydrogen (secondary N) is 1. The first-order valence-electron chi connectivity index (χ1n) is 8.29. The molecule has 0 aliphatic heterocycles. The number of hydrogen-bond acceptors (Lipinski definition) is 4. The minimum absolute atomic E-state index is 0.111. The number of amides is 1. The fraction of sp³-hybridized carbons (Fsp3) is 0.200. The van der Waals surface area contributed by atoms with E-state index in [2.05, 4.69) is 17.2 Å². The molecule has 0 unspecified atom stereocenters. The number of nitrogens with zero attached hydrogens (tertiary/aromatic N) is 1. The van der Waals surface area contributed by atoms with Gasteiger partial charge in [-0.1, -0.05) is 36.9 Å². The highest BCUT2D eigenvalue weighted by Crippen LogP contribution is 2.26. The van der Waals surface area contributed by atoms with E-state index in [1.807, 2.05) is 25.1 Å². The van der Waals surface area contributed by atoms with E-state index in [1.54, 1.807) is 18.3 Å². The van der Waals surface area contributed by atoms with Gasteiger partial charge in [0.15, 0.2) is 5.76 Å². The van der Waals surface area contributed by atoms with E-state index in [4.69, 9.17) is 4.42 Å². The highest BCUT2D eigenvalue weighted by molar-refractivity contribution is 7.99. The number of carbonyl (C=O) groups excluding carboxylic acids is 1. The van der Waals surface area contributed by atoms with Crippen LogP contribution in [-0.2, 0) is 11.2 Å². The van der Waals surface area contributed by atoms with Crippen molar-refractivity contribution in [1.82, 2.24) is 4.98 Å². The second-order valence-corrected chi connectivity index (χ2v) is 6.72. The van der Waals surface area contributed by atoms with Gasteiger partial charge in [0.1, 0.15) is 5.82 Å². The molecule has 0 fully saturated rings. The van der Waals surface area contributed by atoms with E-state index in [0.717, 1.165) is 28.8 Å². The van der Waals surface area contributed by atoms with E-state index >= 15 is 0 Å². The molecule has 1 aromatic heterocycles. The van der Waals surface area contributed by atoms with Crippen molar-refractivity contribution in [2.75, 3.05) is 11.1 Å². The molecule has 2 aromatic carbocycles. The van der Waals surface area contributed by atoms with Crippen molar-refractivity contribution >= 4 is 23.4 Å². The van der Waals surface area contributed by atoms with Crippen LogP contribution in [0.2, 0.25) is 0 Å². The molecule has 6 heteroatoms. The van der Waals surface area contributed by atoms with Crippen LogP contribution in [0.4, 0.5) is 10.1 Å². The quantitative estimate of drug-likeness (QED) is 0.615. The van der Waals surface area contributed by atoms with Crippen LogP contribution in [0, 0.1) is 12.7 Å². The van der Waals surface area contributed by atoms with Crippen molar-refractivity contribution in [3.05, 3.63) is 65.6 Å². The maximum atomic E-state index is 13.0. The number of benzene rings is 2. The number of aryl methyl sites for hydroxylation is 2. The summed E-state index contributed by atoms with van der Waals surface area (Å²) in [4.78, 5) is 16.4. The summed E-state index contributed by atoms with van der Waals surface area (Å²) >= 11 is 1.22. The minimum Gasteiger partial charge on any atom is -0.431 e. The zero-order valence-corrected chi connectivity index (χ0v) is 15.4. The summed E-state index contributed by atoms with van der Waals surface area (Å²) < 4.78 is 18.6. The normalized spacial score (nSPS) is 10.7. The Morgan fingerprint density at radius 3 is 2.73 bits per heavy atom. The van der Waals surface area contributed by atoms with Gasteiger partial charge in [0.2, 0.25) is 5.91 Å². The lowest BCUT2D eigenvalue weighted by molar-refractivity contribution is -0.113. The molecule has 26 heavy (non-hydrogen) atoms. The number of anilines is 1. The third-order valence-corrected chi connectivity index (χ3v) is 4.79. The van der Waals surface area contributed by atoms with Gasteiger partial charge in [-0.15, -0.1) is 0 Å². The van der Waals surface area contributed by atoms with Crippen molar-refractivity contribution in [1.29, 1.82) is 0 Å². The number of hydrogen-bond donors (Lipinski definition) is 1. The predicted octanol–water partition coefficient (Wildman–Crippen LogP) is 5.08. The molecule has 4 nitrogen and oxygen atoms in total. The Labute approximate surface area is 155 Å². The number of carbonyl (C=O) groups is 1. The number of halogens is 1. The van der Waals surface area contributed by atoms with Crippen LogP contribution in [0.5, 0.6) is 0 Å². The molecule has 1 heterocycles. The SMILES string of the molecule is CCc1cccc(C)c1NC(=O)CSc1ncc(-c2ccc(F)cc2)o1. The Hall–Kier alpha value is -2.60. The molecule has 0 aliphatic carbocycles. The highest BCUT2D eigenvalue weighted by Gasteiger charge is 2.12. The average molecular weight is 370 g/mol. The lowest BCUT2D eigenvalue weighted by atomic mass is 10.1. The van der Waals surface area contributed by atoms with Gasteiger partial charge in [0, 0.05) is 11.3 Å². The van der Waals surface area contributed by atoms with Gasteiger partial charge >= 0.3 is 0 Å². The first-order chi connectivity index (χ1) is 12.6. The lowest BCUT2D eigenvalue weighted by Gasteiger charge is -2.12. The molecule has 0 saturated carbocycles. The summed E-state index contributed by atoms with van der Waals surface area (Å²) in [5, 5.41) is 3.38. The van der Waals surface area contributed by atoms with Crippen molar-refractivity contribution in [2.24, 2.45) is 0 Å². The van der Waals surface area contributed by atoms with E-state index < -0.39 is 0 Å². The lowest BCUT2D eigenvalue weighted by Crippen LogP contribution is -2.16. The van der Waals surface area contributed by atoms with E-state index in [1.165, 1.54) is 23.9 Å². The van der Waals surface area contributed by atoms with Crippen LogP contribution < -0.4 is 5.32 Å². The average Bonchev–Trinajstić information content (AvgIpc) is 3.11. The third-order valence-electron chi connectivity index (χ3n) is 3.94. The maximum absolute atomic E-state index is 13.0. The van der Waals surface area contributed by atoms with Crippen LogP contribution in [0.25, 0.3) is 11.3 Å². The first kappa shape index (κ1) is 18.2. The highest BCUT2D eigenvalue weighted by atomic mass is 32.2. The van der Waals surface area contributed by atoms with Crippen molar-refractivity contribution in [3.63, 3.8) is 0 Å². The molecule has 1 N–H and O–H groups in total. The standard InChI is InChI=1S/C20H19FN2O2S/c1-3-14-6-4-5-13(2)19(14)23-18(24)12-26-20-22-11-17(25-20)15-7-9-16(21)10-8-15/h4-11H,3,12H2,1-2H3,(H,23,24). The van der Waals surface area contributed by atoms with Crippen LogP contribution in [0.1, 0.15) is 18.1 Å². The third kappa shape index (κ3) is 4.32. The molecule has 0 aliphatic rings. The minimum atomic E-state index is -0.304. The zero-order chi connectivity index (χ0) is 18.5. The van der Waals surface area contributed by atoms with Gasteiger partial charge in [-0.25, -0.2) is 9.37 Å². The second-order valence-electron chi connectivity index (χ2n) is 5.80. The zero-order valence-electron chi connectivity index (χ0n) is 14.6. The number of aromatic nitrogens is 1. The van der Waals surface area contributed by atoms with Gasteiger partial charge in [0.25, 0.3) is 5.22 Å². The maximum Gasteiger partial charge on any atom is 0.256 e. The number of rotatable bonds is 6. The van der Waals surface area contributed by atoms with Crippen LogP contribution in [-0.4, -0.2) is 16.6 Å².